The molecule has 0 atom stereocenters. The second-order valence-electron chi connectivity index (χ2n) is 4.67. The molecule has 4 nitrogen and oxygen atoms in total. The summed E-state index contributed by atoms with van der Waals surface area (Å²) in [6.45, 7) is 2.58. The highest BCUT2D eigenvalue weighted by atomic mass is 32.2. The van der Waals surface area contributed by atoms with Crippen LogP contribution in [0.15, 0.2) is 29.2 Å². The number of para-hydroxylation sites is 1. The van der Waals surface area contributed by atoms with Crippen LogP contribution in [0.25, 0.3) is 0 Å². The molecule has 1 aromatic rings. The number of benzene rings is 1. The van der Waals surface area contributed by atoms with E-state index in [9.17, 15) is 13.5 Å². The van der Waals surface area contributed by atoms with Crippen molar-refractivity contribution in [2.24, 2.45) is 0 Å². The summed E-state index contributed by atoms with van der Waals surface area (Å²) in [4.78, 5) is 0.0213. The zero-order valence-corrected chi connectivity index (χ0v) is 11.4. The van der Waals surface area contributed by atoms with E-state index in [4.69, 9.17) is 0 Å². The van der Waals surface area contributed by atoms with Crippen molar-refractivity contribution in [2.45, 2.75) is 43.5 Å². The molecule has 0 aromatic heterocycles. The zero-order chi connectivity index (χ0) is 13.2. The average Bonchev–Trinajstić information content (AvgIpc) is 3.14. The molecule has 1 saturated carbocycles. The molecule has 1 aliphatic carbocycles. The lowest BCUT2D eigenvalue weighted by molar-refractivity contribution is 0.390. The molecule has 0 heterocycles. The largest absolute Gasteiger partial charge is 0.507 e. The van der Waals surface area contributed by atoms with Crippen molar-refractivity contribution in [1.82, 2.24) is 4.31 Å². The van der Waals surface area contributed by atoms with E-state index in [2.05, 4.69) is 0 Å². The number of sulfonamides is 1. The van der Waals surface area contributed by atoms with Crippen molar-refractivity contribution in [3.05, 3.63) is 24.3 Å². The molecule has 0 radical (unpaired) electrons. The third kappa shape index (κ3) is 2.67. The van der Waals surface area contributed by atoms with Gasteiger partial charge in [-0.1, -0.05) is 25.5 Å². The Morgan fingerprint density at radius 2 is 2.00 bits per heavy atom. The maximum absolute atomic E-state index is 12.5. The lowest BCUT2D eigenvalue weighted by atomic mass is 10.3. The fourth-order valence-corrected chi connectivity index (χ4v) is 3.79. The molecule has 2 rings (SSSR count). The van der Waals surface area contributed by atoms with E-state index in [0.29, 0.717) is 6.54 Å². The van der Waals surface area contributed by atoms with Gasteiger partial charge in [0.1, 0.15) is 10.6 Å². The van der Waals surface area contributed by atoms with E-state index in [1.807, 2.05) is 6.92 Å². The second kappa shape index (κ2) is 5.28. The highest BCUT2D eigenvalue weighted by Crippen LogP contribution is 2.34. The fourth-order valence-electron chi connectivity index (χ4n) is 1.98. The summed E-state index contributed by atoms with van der Waals surface area (Å²) in [6.07, 6.45) is 3.66. The van der Waals surface area contributed by atoms with Crippen LogP contribution < -0.4 is 0 Å². The van der Waals surface area contributed by atoms with Crippen LogP contribution in [0.2, 0.25) is 0 Å². The summed E-state index contributed by atoms with van der Waals surface area (Å²) >= 11 is 0. The van der Waals surface area contributed by atoms with E-state index >= 15 is 0 Å². The number of nitrogens with zero attached hydrogens (tertiary/aromatic N) is 1. The van der Waals surface area contributed by atoms with Crippen LogP contribution in [0.4, 0.5) is 0 Å². The summed E-state index contributed by atoms with van der Waals surface area (Å²) in [5, 5.41) is 9.72. The van der Waals surface area contributed by atoms with Crippen molar-refractivity contribution in [3.8, 4) is 5.75 Å². The highest BCUT2D eigenvalue weighted by Gasteiger charge is 2.38. The van der Waals surface area contributed by atoms with Crippen LogP contribution >= 0.6 is 0 Å². The molecule has 0 amide bonds. The van der Waals surface area contributed by atoms with Crippen molar-refractivity contribution in [1.29, 1.82) is 0 Å². The number of phenols is 1. The molecule has 1 fully saturated rings. The number of hydrogen-bond acceptors (Lipinski definition) is 3. The van der Waals surface area contributed by atoms with Gasteiger partial charge in [-0.3, -0.25) is 0 Å². The predicted molar refractivity (Wildman–Crippen MR) is 69.9 cm³/mol. The number of aromatic hydroxyl groups is 1. The molecule has 1 N–H and O–H groups in total. The molecule has 18 heavy (non-hydrogen) atoms. The van der Waals surface area contributed by atoms with Crippen LogP contribution in [0.5, 0.6) is 5.75 Å². The summed E-state index contributed by atoms with van der Waals surface area (Å²) in [7, 11) is -3.56. The first kappa shape index (κ1) is 13.4. The van der Waals surface area contributed by atoms with Crippen molar-refractivity contribution in [2.75, 3.05) is 6.54 Å². The topological polar surface area (TPSA) is 57.6 Å². The van der Waals surface area contributed by atoms with Gasteiger partial charge in [-0.15, -0.1) is 0 Å². The minimum atomic E-state index is -3.56. The standard InChI is InChI=1S/C13H19NO3S/c1-2-3-10-14(11-8-9-11)18(16,17)13-7-5-4-6-12(13)15/h4-7,11,15H,2-3,8-10H2,1H3. The molecule has 1 aromatic carbocycles. The Bertz CT molecular complexity index is 509. The predicted octanol–water partition coefficient (Wildman–Crippen LogP) is 2.35. The third-order valence-corrected chi connectivity index (χ3v) is 5.14. The number of hydrogen-bond donors (Lipinski definition) is 1. The maximum Gasteiger partial charge on any atom is 0.246 e. The first-order valence-corrected chi connectivity index (χ1v) is 7.81. The minimum absolute atomic E-state index is 0.0213. The Labute approximate surface area is 108 Å². The third-order valence-electron chi connectivity index (χ3n) is 3.14. The summed E-state index contributed by atoms with van der Waals surface area (Å²) in [5.41, 5.74) is 0. The Morgan fingerprint density at radius 3 is 2.56 bits per heavy atom. The molecule has 0 unspecified atom stereocenters. The molecule has 0 aliphatic heterocycles. The Balaban J connectivity index is 2.30. The number of phenolic OH excluding ortho intramolecular Hbond substituents is 1. The van der Waals surface area contributed by atoms with Crippen LogP contribution in [0.3, 0.4) is 0 Å². The van der Waals surface area contributed by atoms with Gasteiger partial charge in [0.15, 0.2) is 0 Å². The van der Waals surface area contributed by atoms with Crippen LogP contribution in [0, 0.1) is 0 Å². The van der Waals surface area contributed by atoms with E-state index in [-0.39, 0.29) is 16.7 Å². The van der Waals surface area contributed by atoms with Gasteiger partial charge in [0, 0.05) is 12.6 Å². The normalized spacial score (nSPS) is 16.1. The van der Waals surface area contributed by atoms with Gasteiger partial charge in [0.05, 0.1) is 0 Å². The average molecular weight is 269 g/mol. The lowest BCUT2D eigenvalue weighted by Crippen LogP contribution is -2.34. The molecular weight excluding hydrogens is 250 g/mol. The zero-order valence-electron chi connectivity index (χ0n) is 10.5. The van der Waals surface area contributed by atoms with Gasteiger partial charge in [0.2, 0.25) is 10.0 Å². The smallest absolute Gasteiger partial charge is 0.246 e. The van der Waals surface area contributed by atoms with E-state index < -0.39 is 10.0 Å². The van der Waals surface area contributed by atoms with Gasteiger partial charge in [-0.25, -0.2) is 8.42 Å². The number of unbranched alkanes of at least 4 members (excludes halogenated alkanes) is 1. The number of rotatable bonds is 6. The SMILES string of the molecule is CCCCN(C1CC1)S(=O)(=O)c1ccccc1O. The van der Waals surface area contributed by atoms with Gasteiger partial charge in [0.25, 0.3) is 0 Å². The fraction of sp³-hybridized carbons (Fsp3) is 0.538. The van der Waals surface area contributed by atoms with E-state index in [1.165, 1.54) is 12.1 Å². The molecule has 0 saturated heterocycles. The minimum Gasteiger partial charge on any atom is -0.507 e. The molecule has 100 valence electrons. The molecule has 0 spiro atoms. The molecule has 1 aliphatic rings. The van der Waals surface area contributed by atoms with E-state index in [1.54, 1.807) is 16.4 Å². The second-order valence-corrected chi connectivity index (χ2v) is 6.53. The monoisotopic (exact) mass is 269 g/mol. The van der Waals surface area contributed by atoms with Crippen molar-refractivity contribution < 1.29 is 13.5 Å². The van der Waals surface area contributed by atoms with Gasteiger partial charge >= 0.3 is 0 Å². The maximum atomic E-state index is 12.5. The molecular formula is C13H19NO3S. The summed E-state index contributed by atoms with van der Waals surface area (Å²) in [5.74, 6) is -0.167. The first-order valence-electron chi connectivity index (χ1n) is 6.37. The summed E-state index contributed by atoms with van der Waals surface area (Å²) in [6, 6.07) is 6.27. The summed E-state index contributed by atoms with van der Waals surface area (Å²) < 4.78 is 26.6. The Kier molecular flexibility index (Phi) is 3.92. The quantitative estimate of drug-likeness (QED) is 0.862. The molecule has 0 bridgehead atoms. The molecule has 5 heteroatoms. The van der Waals surface area contributed by atoms with Crippen LogP contribution in [-0.4, -0.2) is 30.4 Å². The Morgan fingerprint density at radius 1 is 1.33 bits per heavy atom. The lowest BCUT2D eigenvalue weighted by Gasteiger charge is -2.22. The van der Waals surface area contributed by atoms with Crippen molar-refractivity contribution in [3.63, 3.8) is 0 Å². The van der Waals surface area contributed by atoms with Gasteiger partial charge in [-0.05, 0) is 31.4 Å². The van der Waals surface area contributed by atoms with E-state index in [0.717, 1.165) is 25.7 Å². The van der Waals surface area contributed by atoms with Crippen molar-refractivity contribution >= 4 is 10.0 Å². The van der Waals surface area contributed by atoms with Gasteiger partial charge < -0.3 is 5.11 Å². The van der Waals surface area contributed by atoms with Gasteiger partial charge in [-0.2, -0.15) is 4.31 Å². The van der Waals surface area contributed by atoms with Crippen LogP contribution in [0.1, 0.15) is 32.6 Å². The van der Waals surface area contributed by atoms with Crippen LogP contribution in [-0.2, 0) is 10.0 Å². The highest BCUT2D eigenvalue weighted by molar-refractivity contribution is 7.89. The Hall–Kier alpha value is -1.07. The first-order chi connectivity index (χ1) is 8.57.